The highest BCUT2D eigenvalue weighted by Crippen LogP contribution is 2.24. The Balaban J connectivity index is 2.52. The van der Waals surface area contributed by atoms with Crippen molar-refractivity contribution in [3.8, 4) is 11.1 Å². The van der Waals surface area contributed by atoms with Crippen molar-refractivity contribution in [2.75, 3.05) is 0 Å². The van der Waals surface area contributed by atoms with Gasteiger partial charge in [-0.05, 0) is 5.56 Å². The first-order valence-corrected chi connectivity index (χ1v) is 5.23. The van der Waals surface area contributed by atoms with Gasteiger partial charge in [0, 0.05) is 18.0 Å². The lowest BCUT2D eigenvalue weighted by Gasteiger charge is -1.99. The van der Waals surface area contributed by atoms with E-state index in [9.17, 15) is 4.21 Å². The van der Waals surface area contributed by atoms with Crippen LogP contribution >= 0.6 is 0 Å². The molecule has 0 bridgehead atoms. The zero-order valence-electron chi connectivity index (χ0n) is 7.31. The van der Waals surface area contributed by atoms with Crippen LogP contribution in [-0.4, -0.2) is 13.7 Å². The van der Waals surface area contributed by atoms with Gasteiger partial charge >= 0.3 is 0 Å². The maximum Gasteiger partial charge on any atom is 0.188 e. The Morgan fingerprint density at radius 1 is 1.14 bits per heavy atom. The Morgan fingerprint density at radius 3 is 2.50 bits per heavy atom. The highest BCUT2D eigenvalue weighted by molar-refractivity contribution is 7.79. The van der Waals surface area contributed by atoms with Crippen molar-refractivity contribution in [1.29, 1.82) is 0 Å². The molecule has 1 aromatic carbocycles. The second-order valence-electron chi connectivity index (χ2n) is 2.85. The van der Waals surface area contributed by atoms with Crippen LogP contribution in [0.1, 0.15) is 0 Å². The molecule has 1 unspecified atom stereocenters. The molecule has 0 aliphatic rings. The fraction of sp³-hybridized carbons (Fsp3) is 0. The Labute approximate surface area is 84.1 Å². The van der Waals surface area contributed by atoms with Gasteiger partial charge in [0.05, 0.1) is 4.90 Å². The first-order chi connectivity index (χ1) is 6.79. The summed E-state index contributed by atoms with van der Waals surface area (Å²) in [5, 5.41) is 0. The molecule has 3 nitrogen and oxygen atoms in total. The van der Waals surface area contributed by atoms with Crippen molar-refractivity contribution in [3.63, 3.8) is 0 Å². The molecular formula is C10H9NO2S. The van der Waals surface area contributed by atoms with Crippen molar-refractivity contribution >= 4 is 11.1 Å². The van der Waals surface area contributed by atoms with E-state index >= 15 is 0 Å². The van der Waals surface area contributed by atoms with E-state index < -0.39 is 11.1 Å². The van der Waals surface area contributed by atoms with Gasteiger partial charge in [-0.15, -0.1) is 0 Å². The number of H-pyrrole nitrogens is 1. The van der Waals surface area contributed by atoms with Gasteiger partial charge < -0.3 is 9.54 Å². The molecule has 0 saturated heterocycles. The van der Waals surface area contributed by atoms with E-state index in [4.69, 9.17) is 4.55 Å². The molecule has 1 atom stereocenters. The summed E-state index contributed by atoms with van der Waals surface area (Å²) < 4.78 is 20.0. The van der Waals surface area contributed by atoms with Crippen molar-refractivity contribution in [1.82, 2.24) is 4.98 Å². The van der Waals surface area contributed by atoms with Crippen LogP contribution in [0.3, 0.4) is 0 Å². The summed E-state index contributed by atoms with van der Waals surface area (Å²) in [5.41, 5.74) is 1.71. The molecule has 0 aliphatic carbocycles. The van der Waals surface area contributed by atoms with Crippen LogP contribution in [0.25, 0.3) is 11.1 Å². The SMILES string of the molecule is O=S(O)c1c[nH]cc1-c1ccccc1. The van der Waals surface area contributed by atoms with Crippen LogP contribution in [0.15, 0.2) is 47.6 Å². The molecule has 1 heterocycles. The van der Waals surface area contributed by atoms with Crippen LogP contribution < -0.4 is 0 Å². The maximum absolute atomic E-state index is 10.9. The van der Waals surface area contributed by atoms with E-state index in [1.807, 2.05) is 30.3 Å². The maximum atomic E-state index is 10.9. The number of rotatable bonds is 2. The molecule has 72 valence electrons. The summed E-state index contributed by atoms with van der Waals surface area (Å²) in [5.74, 6) is 0. The summed E-state index contributed by atoms with van der Waals surface area (Å²) >= 11 is -1.94. The Bertz CT molecular complexity index is 450. The molecule has 4 heteroatoms. The largest absolute Gasteiger partial charge is 0.366 e. The molecule has 0 aliphatic heterocycles. The molecule has 14 heavy (non-hydrogen) atoms. The summed E-state index contributed by atoms with van der Waals surface area (Å²) in [4.78, 5) is 3.24. The number of benzene rings is 1. The quantitative estimate of drug-likeness (QED) is 0.742. The predicted molar refractivity (Wildman–Crippen MR) is 55.3 cm³/mol. The van der Waals surface area contributed by atoms with E-state index in [1.54, 1.807) is 12.4 Å². The molecule has 2 rings (SSSR count). The molecule has 2 N–H and O–H groups in total. The average molecular weight is 207 g/mol. The van der Waals surface area contributed by atoms with Crippen molar-refractivity contribution < 1.29 is 8.76 Å². The fourth-order valence-electron chi connectivity index (χ4n) is 1.34. The van der Waals surface area contributed by atoms with Gasteiger partial charge in [0.15, 0.2) is 11.1 Å². The summed E-state index contributed by atoms with van der Waals surface area (Å²) in [7, 11) is 0. The van der Waals surface area contributed by atoms with E-state index in [-0.39, 0.29) is 0 Å². The average Bonchev–Trinajstić information content (AvgIpc) is 2.67. The lowest BCUT2D eigenvalue weighted by atomic mass is 10.1. The molecule has 1 aromatic heterocycles. The first-order valence-electron chi connectivity index (χ1n) is 4.12. The van der Waals surface area contributed by atoms with Gasteiger partial charge in [-0.3, -0.25) is 0 Å². The zero-order valence-corrected chi connectivity index (χ0v) is 8.12. The van der Waals surface area contributed by atoms with Crippen molar-refractivity contribution in [2.45, 2.75) is 4.90 Å². The van der Waals surface area contributed by atoms with E-state index in [1.165, 1.54) is 0 Å². The summed E-state index contributed by atoms with van der Waals surface area (Å²) in [6.07, 6.45) is 3.26. The minimum absolute atomic E-state index is 0.413. The van der Waals surface area contributed by atoms with Crippen LogP contribution in [0, 0.1) is 0 Å². The number of hydrogen-bond donors (Lipinski definition) is 2. The lowest BCUT2D eigenvalue weighted by molar-refractivity contribution is 0.565. The van der Waals surface area contributed by atoms with Gasteiger partial charge in [-0.1, -0.05) is 30.3 Å². The summed E-state index contributed by atoms with van der Waals surface area (Å²) in [6, 6.07) is 9.50. The van der Waals surface area contributed by atoms with E-state index in [2.05, 4.69) is 4.98 Å². The third-order valence-electron chi connectivity index (χ3n) is 1.98. The van der Waals surface area contributed by atoms with Crippen LogP contribution in [0.4, 0.5) is 0 Å². The molecule has 0 spiro atoms. The Kier molecular flexibility index (Phi) is 2.47. The van der Waals surface area contributed by atoms with Gasteiger partial charge in [0.25, 0.3) is 0 Å². The van der Waals surface area contributed by atoms with Crippen LogP contribution in [-0.2, 0) is 11.1 Å². The second-order valence-corrected chi connectivity index (χ2v) is 3.79. The van der Waals surface area contributed by atoms with E-state index in [0.29, 0.717) is 4.90 Å². The minimum Gasteiger partial charge on any atom is -0.366 e. The van der Waals surface area contributed by atoms with E-state index in [0.717, 1.165) is 11.1 Å². The van der Waals surface area contributed by atoms with Crippen LogP contribution in [0.2, 0.25) is 0 Å². The molecule has 0 saturated carbocycles. The predicted octanol–water partition coefficient (Wildman–Crippen LogP) is 2.26. The molecule has 0 amide bonds. The Hall–Kier alpha value is -1.39. The summed E-state index contributed by atoms with van der Waals surface area (Å²) in [6.45, 7) is 0. The standard InChI is InChI=1S/C10H9NO2S/c12-14(13)10-7-11-6-9(10)8-4-2-1-3-5-8/h1-7,11H,(H,12,13). The topological polar surface area (TPSA) is 53.1 Å². The van der Waals surface area contributed by atoms with Gasteiger partial charge in [0.2, 0.25) is 0 Å². The number of aromatic nitrogens is 1. The van der Waals surface area contributed by atoms with Gasteiger partial charge in [-0.25, -0.2) is 4.21 Å². The molecule has 2 aromatic rings. The van der Waals surface area contributed by atoms with Crippen molar-refractivity contribution in [2.24, 2.45) is 0 Å². The minimum atomic E-state index is -1.94. The third kappa shape index (κ3) is 1.62. The second kappa shape index (κ2) is 3.77. The highest BCUT2D eigenvalue weighted by atomic mass is 32.2. The molecule has 0 fully saturated rings. The Morgan fingerprint density at radius 2 is 1.86 bits per heavy atom. The molecular weight excluding hydrogens is 198 g/mol. The number of hydrogen-bond acceptors (Lipinski definition) is 1. The first kappa shape index (κ1) is 9.18. The fourth-order valence-corrected chi connectivity index (χ4v) is 1.87. The normalized spacial score (nSPS) is 12.6. The number of aromatic amines is 1. The molecule has 0 radical (unpaired) electrons. The lowest BCUT2D eigenvalue weighted by Crippen LogP contribution is -1.87. The number of nitrogens with one attached hydrogen (secondary N) is 1. The monoisotopic (exact) mass is 207 g/mol. The van der Waals surface area contributed by atoms with Crippen molar-refractivity contribution in [3.05, 3.63) is 42.7 Å². The zero-order chi connectivity index (χ0) is 9.97. The smallest absolute Gasteiger partial charge is 0.188 e. The van der Waals surface area contributed by atoms with Crippen LogP contribution in [0.5, 0.6) is 0 Å². The van der Waals surface area contributed by atoms with Gasteiger partial charge in [-0.2, -0.15) is 0 Å². The highest BCUT2D eigenvalue weighted by Gasteiger charge is 2.09. The van der Waals surface area contributed by atoms with Gasteiger partial charge in [0.1, 0.15) is 0 Å². The third-order valence-corrected chi connectivity index (χ3v) is 2.69.